The van der Waals surface area contributed by atoms with Gasteiger partial charge >= 0.3 is 5.97 Å². The van der Waals surface area contributed by atoms with Gasteiger partial charge in [0.1, 0.15) is 5.60 Å². The van der Waals surface area contributed by atoms with E-state index in [0.717, 1.165) is 31.4 Å². The van der Waals surface area contributed by atoms with E-state index >= 15 is 0 Å². The number of H-pyrrole nitrogens is 1. The number of ether oxygens (including phenoxy) is 1. The summed E-state index contributed by atoms with van der Waals surface area (Å²) in [5, 5.41) is 9.47. The Balaban J connectivity index is 1.66. The monoisotopic (exact) mass is 263 g/mol. The molecule has 1 amide bonds. The lowest BCUT2D eigenvalue weighted by Crippen LogP contribution is -2.42. The Morgan fingerprint density at radius 3 is 3.00 bits per heavy atom. The van der Waals surface area contributed by atoms with Crippen molar-refractivity contribution in [1.82, 2.24) is 15.5 Å². The summed E-state index contributed by atoms with van der Waals surface area (Å²) in [7, 11) is 0. The van der Waals surface area contributed by atoms with E-state index in [-0.39, 0.29) is 24.2 Å². The number of carbonyl (C=O) groups is 2. The number of aromatic nitrogens is 2. The van der Waals surface area contributed by atoms with Crippen molar-refractivity contribution in [3.8, 4) is 0 Å². The summed E-state index contributed by atoms with van der Waals surface area (Å²) in [6.07, 6.45) is 5.51. The van der Waals surface area contributed by atoms with Gasteiger partial charge in [-0.15, -0.1) is 0 Å². The minimum atomic E-state index is -0.533. The van der Waals surface area contributed by atoms with Crippen LogP contribution in [0.2, 0.25) is 0 Å². The Kier molecular flexibility index (Phi) is 3.00. The number of rotatable bonds is 3. The molecule has 2 fully saturated rings. The van der Waals surface area contributed by atoms with Crippen molar-refractivity contribution in [2.75, 3.05) is 0 Å². The van der Waals surface area contributed by atoms with Crippen LogP contribution in [0.1, 0.15) is 37.8 Å². The molecule has 1 spiro atoms. The van der Waals surface area contributed by atoms with Crippen molar-refractivity contribution in [3.05, 3.63) is 18.0 Å². The highest BCUT2D eigenvalue weighted by molar-refractivity contribution is 5.87. The Bertz CT molecular complexity index is 477. The Hall–Kier alpha value is -1.85. The van der Waals surface area contributed by atoms with Gasteiger partial charge in [-0.25, -0.2) is 0 Å². The van der Waals surface area contributed by atoms with E-state index in [1.807, 2.05) is 6.07 Å². The zero-order valence-corrected chi connectivity index (χ0v) is 10.6. The lowest BCUT2D eigenvalue weighted by Gasteiger charge is -2.27. The predicted octanol–water partition coefficient (Wildman–Crippen LogP) is 0.902. The zero-order chi connectivity index (χ0) is 13.3. The first kappa shape index (κ1) is 12.2. The first-order chi connectivity index (χ1) is 9.20. The van der Waals surface area contributed by atoms with Crippen LogP contribution in [0.5, 0.6) is 0 Å². The molecule has 102 valence electrons. The van der Waals surface area contributed by atoms with Gasteiger partial charge in [-0.3, -0.25) is 14.7 Å². The number of amides is 1. The molecule has 0 radical (unpaired) electrons. The van der Waals surface area contributed by atoms with Gasteiger partial charge in [0.2, 0.25) is 5.91 Å². The van der Waals surface area contributed by atoms with Crippen molar-refractivity contribution in [3.63, 3.8) is 0 Å². The summed E-state index contributed by atoms with van der Waals surface area (Å²) in [6.45, 7) is 0.402. The molecule has 2 N–H and O–H groups in total. The van der Waals surface area contributed by atoms with Crippen LogP contribution in [0.25, 0.3) is 0 Å². The molecule has 0 bridgehead atoms. The molecule has 6 nitrogen and oxygen atoms in total. The molecular weight excluding hydrogens is 246 g/mol. The maximum Gasteiger partial charge on any atom is 0.307 e. The number of nitrogens with zero attached hydrogens (tertiary/aromatic N) is 1. The highest BCUT2D eigenvalue weighted by atomic mass is 16.6. The fourth-order valence-corrected chi connectivity index (χ4v) is 3.14. The lowest BCUT2D eigenvalue weighted by atomic mass is 9.85. The van der Waals surface area contributed by atoms with E-state index in [4.69, 9.17) is 4.74 Å². The van der Waals surface area contributed by atoms with Crippen molar-refractivity contribution < 1.29 is 14.3 Å². The molecule has 1 aromatic heterocycles. The number of hydrogen-bond donors (Lipinski definition) is 2. The molecule has 2 aliphatic rings. The SMILES string of the molecule is O=C1C[C@H](C(=O)NCc2ccn[nH]2)C2(CCCC2)O1. The Morgan fingerprint density at radius 2 is 2.32 bits per heavy atom. The topological polar surface area (TPSA) is 84.1 Å². The molecular formula is C13H17N3O3. The second-order valence-corrected chi connectivity index (χ2v) is 5.30. The van der Waals surface area contributed by atoms with Crippen LogP contribution in [0.15, 0.2) is 12.3 Å². The van der Waals surface area contributed by atoms with Gasteiger partial charge in [0.15, 0.2) is 0 Å². The van der Waals surface area contributed by atoms with Gasteiger partial charge in [0, 0.05) is 6.20 Å². The fraction of sp³-hybridized carbons (Fsp3) is 0.615. The van der Waals surface area contributed by atoms with E-state index in [2.05, 4.69) is 15.5 Å². The van der Waals surface area contributed by atoms with Gasteiger partial charge in [0.05, 0.1) is 24.6 Å². The molecule has 3 rings (SSSR count). The van der Waals surface area contributed by atoms with E-state index in [9.17, 15) is 9.59 Å². The molecule has 19 heavy (non-hydrogen) atoms. The summed E-state index contributed by atoms with van der Waals surface area (Å²) in [4.78, 5) is 23.8. The molecule has 1 aromatic rings. The van der Waals surface area contributed by atoms with Crippen LogP contribution >= 0.6 is 0 Å². The number of aromatic amines is 1. The number of hydrogen-bond acceptors (Lipinski definition) is 4. The normalized spacial score (nSPS) is 24.6. The van der Waals surface area contributed by atoms with Crippen LogP contribution in [-0.2, 0) is 20.9 Å². The van der Waals surface area contributed by atoms with E-state index in [1.54, 1.807) is 6.20 Å². The fourth-order valence-electron chi connectivity index (χ4n) is 3.14. The number of nitrogens with one attached hydrogen (secondary N) is 2. The Morgan fingerprint density at radius 1 is 1.53 bits per heavy atom. The van der Waals surface area contributed by atoms with Crippen LogP contribution < -0.4 is 5.32 Å². The molecule has 0 unspecified atom stereocenters. The first-order valence-electron chi connectivity index (χ1n) is 6.67. The maximum atomic E-state index is 12.3. The zero-order valence-electron chi connectivity index (χ0n) is 10.6. The smallest absolute Gasteiger partial charge is 0.307 e. The van der Waals surface area contributed by atoms with Crippen molar-refractivity contribution in [1.29, 1.82) is 0 Å². The van der Waals surface area contributed by atoms with Gasteiger partial charge in [-0.1, -0.05) is 0 Å². The van der Waals surface area contributed by atoms with Gasteiger partial charge in [-0.2, -0.15) is 5.10 Å². The third-order valence-corrected chi connectivity index (χ3v) is 4.10. The molecule has 2 heterocycles. The minimum absolute atomic E-state index is 0.0950. The van der Waals surface area contributed by atoms with Gasteiger partial charge in [0.25, 0.3) is 0 Å². The summed E-state index contributed by atoms with van der Waals surface area (Å²) in [5.41, 5.74) is 0.314. The molecule has 0 aromatic carbocycles. The van der Waals surface area contributed by atoms with E-state index in [0.29, 0.717) is 6.54 Å². The summed E-state index contributed by atoms with van der Waals surface area (Å²) in [5.74, 6) is -0.684. The molecule has 1 aliphatic heterocycles. The van der Waals surface area contributed by atoms with Crippen molar-refractivity contribution in [2.45, 2.75) is 44.2 Å². The summed E-state index contributed by atoms with van der Waals surface area (Å²) >= 11 is 0. The largest absolute Gasteiger partial charge is 0.458 e. The second kappa shape index (κ2) is 4.68. The maximum absolute atomic E-state index is 12.3. The highest BCUT2D eigenvalue weighted by Gasteiger charge is 2.53. The quantitative estimate of drug-likeness (QED) is 0.794. The molecule has 6 heteroatoms. The van der Waals surface area contributed by atoms with Crippen LogP contribution in [0.4, 0.5) is 0 Å². The number of esters is 1. The van der Waals surface area contributed by atoms with Crippen molar-refractivity contribution in [2.24, 2.45) is 5.92 Å². The van der Waals surface area contributed by atoms with Crippen LogP contribution in [0, 0.1) is 5.92 Å². The van der Waals surface area contributed by atoms with Crippen LogP contribution in [-0.4, -0.2) is 27.7 Å². The standard InChI is InChI=1S/C13H17N3O3/c17-11-7-10(13(19-11)4-1-2-5-13)12(18)14-8-9-3-6-15-16-9/h3,6,10H,1-2,4-5,7-8H2,(H,14,18)(H,15,16)/t10-/m1/s1. The first-order valence-corrected chi connectivity index (χ1v) is 6.67. The summed E-state index contributed by atoms with van der Waals surface area (Å²) < 4.78 is 5.46. The average molecular weight is 263 g/mol. The van der Waals surface area contributed by atoms with Crippen molar-refractivity contribution >= 4 is 11.9 Å². The number of carbonyl (C=O) groups excluding carboxylic acids is 2. The third-order valence-electron chi connectivity index (χ3n) is 4.10. The minimum Gasteiger partial charge on any atom is -0.458 e. The molecule has 1 aliphatic carbocycles. The van der Waals surface area contributed by atoms with E-state index in [1.165, 1.54) is 0 Å². The summed E-state index contributed by atoms with van der Waals surface area (Å²) in [6, 6.07) is 1.81. The lowest BCUT2D eigenvalue weighted by molar-refractivity contribution is -0.149. The third kappa shape index (κ3) is 2.22. The molecule has 1 atom stereocenters. The van der Waals surface area contributed by atoms with Gasteiger partial charge in [-0.05, 0) is 31.7 Å². The average Bonchev–Trinajstić information content (AvgIpc) is 3.10. The van der Waals surface area contributed by atoms with Crippen LogP contribution in [0.3, 0.4) is 0 Å². The molecule has 1 saturated heterocycles. The van der Waals surface area contributed by atoms with Gasteiger partial charge < -0.3 is 10.1 Å². The predicted molar refractivity (Wildman–Crippen MR) is 65.8 cm³/mol. The van der Waals surface area contributed by atoms with E-state index < -0.39 is 5.60 Å². The Labute approximate surface area is 110 Å². The second-order valence-electron chi connectivity index (χ2n) is 5.30. The highest BCUT2D eigenvalue weighted by Crippen LogP contribution is 2.45. The molecule has 1 saturated carbocycles.